The first kappa shape index (κ1) is 11.7. The zero-order valence-corrected chi connectivity index (χ0v) is 11.7. The second-order valence-electron chi connectivity index (χ2n) is 4.94. The fraction of sp³-hybridized carbons (Fsp3) is 0.500. The molecular formula is C12H14BrNO2S. The second kappa shape index (κ2) is 3.80. The molecule has 0 atom stereocenters. The molecule has 0 aromatic heterocycles. The predicted octanol–water partition coefficient (Wildman–Crippen LogP) is 2.52. The van der Waals surface area contributed by atoms with E-state index in [9.17, 15) is 8.42 Å². The molecule has 0 aliphatic heterocycles. The van der Waals surface area contributed by atoms with Gasteiger partial charge in [-0.1, -0.05) is 28.1 Å². The Morgan fingerprint density at radius 2 is 2.00 bits per heavy atom. The van der Waals surface area contributed by atoms with Gasteiger partial charge in [-0.25, -0.2) is 13.1 Å². The molecule has 0 heterocycles. The Balaban J connectivity index is 1.87. The lowest BCUT2D eigenvalue weighted by Crippen LogP contribution is -2.37. The lowest BCUT2D eigenvalue weighted by Gasteiger charge is -2.18. The highest BCUT2D eigenvalue weighted by Crippen LogP contribution is 2.47. The minimum absolute atomic E-state index is 0.146. The predicted molar refractivity (Wildman–Crippen MR) is 70.1 cm³/mol. The van der Waals surface area contributed by atoms with Crippen LogP contribution >= 0.6 is 15.9 Å². The zero-order chi connectivity index (χ0) is 12.1. The van der Waals surface area contributed by atoms with Crippen molar-refractivity contribution in [1.29, 1.82) is 0 Å². The standard InChI is InChI=1S/C12H14BrNO2S/c13-10-3-1-2-9(8-10)12(6-7-12)14-17(15,16)11-4-5-11/h1-3,8,11,14H,4-7H2. The number of hydrogen-bond acceptors (Lipinski definition) is 2. The van der Waals surface area contributed by atoms with Gasteiger partial charge in [-0.05, 0) is 43.4 Å². The third-order valence-electron chi connectivity index (χ3n) is 3.43. The van der Waals surface area contributed by atoms with Crippen LogP contribution < -0.4 is 4.72 Å². The summed E-state index contributed by atoms with van der Waals surface area (Å²) in [5.41, 5.74) is 0.738. The molecule has 0 amide bonds. The first-order valence-electron chi connectivity index (χ1n) is 5.81. The molecule has 2 fully saturated rings. The first-order valence-corrected chi connectivity index (χ1v) is 8.15. The van der Waals surface area contributed by atoms with Gasteiger partial charge in [-0.2, -0.15) is 0 Å². The minimum atomic E-state index is -3.11. The van der Waals surface area contributed by atoms with E-state index in [1.807, 2.05) is 24.3 Å². The second-order valence-corrected chi connectivity index (χ2v) is 7.82. The summed E-state index contributed by atoms with van der Waals surface area (Å²) in [6.07, 6.45) is 3.42. The molecular weight excluding hydrogens is 302 g/mol. The normalized spacial score (nSPS) is 22.4. The number of sulfonamides is 1. The Kier molecular flexibility index (Phi) is 2.61. The molecule has 0 saturated heterocycles. The van der Waals surface area contributed by atoms with E-state index < -0.39 is 10.0 Å². The molecule has 1 aromatic rings. The largest absolute Gasteiger partial charge is 0.215 e. The van der Waals surface area contributed by atoms with E-state index in [0.717, 1.165) is 35.7 Å². The summed E-state index contributed by atoms with van der Waals surface area (Å²) in [5.74, 6) is 0. The molecule has 0 radical (unpaired) electrons. The Bertz CT molecular complexity index is 547. The molecule has 3 nitrogen and oxygen atoms in total. The molecule has 2 saturated carbocycles. The van der Waals surface area contributed by atoms with Gasteiger partial charge in [-0.15, -0.1) is 0 Å². The van der Waals surface area contributed by atoms with Crippen molar-refractivity contribution in [3.63, 3.8) is 0 Å². The Morgan fingerprint density at radius 3 is 2.53 bits per heavy atom. The van der Waals surface area contributed by atoms with E-state index in [1.165, 1.54) is 0 Å². The maximum absolute atomic E-state index is 12.0. The molecule has 0 bridgehead atoms. The number of halogens is 1. The van der Waals surface area contributed by atoms with Crippen LogP contribution in [0.15, 0.2) is 28.7 Å². The molecule has 1 aromatic carbocycles. The number of rotatable bonds is 4. The SMILES string of the molecule is O=S(=O)(NC1(c2cccc(Br)c2)CC1)C1CC1. The lowest BCUT2D eigenvalue weighted by atomic mass is 10.1. The molecule has 1 N–H and O–H groups in total. The molecule has 92 valence electrons. The van der Waals surface area contributed by atoms with E-state index in [4.69, 9.17) is 0 Å². The summed E-state index contributed by atoms with van der Waals surface area (Å²) >= 11 is 3.43. The van der Waals surface area contributed by atoms with Crippen LogP contribution in [0.3, 0.4) is 0 Å². The van der Waals surface area contributed by atoms with Gasteiger partial charge in [-0.3, -0.25) is 0 Å². The van der Waals surface area contributed by atoms with Crippen molar-refractivity contribution in [1.82, 2.24) is 4.72 Å². The van der Waals surface area contributed by atoms with Crippen molar-refractivity contribution in [2.45, 2.75) is 36.5 Å². The van der Waals surface area contributed by atoms with E-state index in [0.29, 0.717) is 0 Å². The monoisotopic (exact) mass is 315 g/mol. The van der Waals surface area contributed by atoms with Crippen LogP contribution in [0.5, 0.6) is 0 Å². The minimum Gasteiger partial charge on any atom is -0.212 e. The Hall–Kier alpha value is -0.390. The van der Waals surface area contributed by atoms with Gasteiger partial charge in [0, 0.05) is 4.47 Å². The molecule has 2 aliphatic carbocycles. The topological polar surface area (TPSA) is 46.2 Å². The van der Waals surface area contributed by atoms with E-state index in [2.05, 4.69) is 20.7 Å². The fourth-order valence-corrected chi connectivity index (χ4v) is 4.28. The number of benzene rings is 1. The van der Waals surface area contributed by atoms with Crippen molar-refractivity contribution in [2.75, 3.05) is 0 Å². The Morgan fingerprint density at radius 1 is 1.29 bits per heavy atom. The van der Waals surface area contributed by atoms with Crippen LogP contribution in [-0.2, 0) is 15.6 Å². The van der Waals surface area contributed by atoms with Crippen LogP contribution in [-0.4, -0.2) is 13.7 Å². The molecule has 5 heteroatoms. The van der Waals surface area contributed by atoms with Gasteiger partial charge in [0.25, 0.3) is 0 Å². The zero-order valence-electron chi connectivity index (χ0n) is 9.32. The van der Waals surface area contributed by atoms with Crippen molar-refractivity contribution in [2.24, 2.45) is 0 Å². The third-order valence-corrected chi connectivity index (χ3v) is 5.95. The van der Waals surface area contributed by atoms with Gasteiger partial charge in [0.05, 0.1) is 10.8 Å². The highest BCUT2D eigenvalue weighted by atomic mass is 79.9. The summed E-state index contributed by atoms with van der Waals surface area (Å²) in [7, 11) is -3.11. The average Bonchev–Trinajstić information content (AvgIpc) is 3.12. The fourth-order valence-electron chi connectivity index (χ4n) is 2.09. The molecule has 17 heavy (non-hydrogen) atoms. The third kappa shape index (κ3) is 2.28. The van der Waals surface area contributed by atoms with Crippen LogP contribution in [0.1, 0.15) is 31.2 Å². The van der Waals surface area contributed by atoms with Crippen LogP contribution in [0.25, 0.3) is 0 Å². The number of nitrogens with one attached hydrogen (secondary N) is 1. The summed E-state index contributed by atoms with van der Waals surface area (Å²) in [6.45, 7) is 0. The van der Waals surface area contributed by atoms with Gasteiger partial charge < -0.3 is 0 Å². The average molecular weight is 316 g/mol. The number of hydrogen-bond donors (Lipinski definition) is 1. The van der Waals surface area contributed by atoms with E-state index in [-0.39, 0.29) is 10.8 Å². The van der Waals surface area contributed by atoms with E-state index in [1.54, 1.807) is 0 Å². The van der Waals surface area contributed by atoms with Gasteiger partial charge in [0.1, 0.15) is 0 Å². The molecule has 3 rings (SSSR count). The van der Waals surface area contributed by atoms with Crippen LogP contribution in [0.2, 0.25) is 0 Å². The smallest absolute Gasteiger partial charge is 0.212 e. The molecule has 0 unspecified atom stereocenters. The quantitative estimate of drug-likeness (QED) is 0.928. The summed E-state index contributed by atoms with van der Waals surface area (Å²) < 4.78 is 27.9. The molecule has 0 spiro atoms. The van der Waals surface area contributed by atoms with Crippen LogP contribution in [0.4, 0.5) is 0 Å². The lowest BCUT2D eigenvalue weighted by molar-refractivity contribution is 0.550. The summed E-state index contributed by atoms with van der Waals surface area (Å²) in [4.78, 5) is 0. The first-order chi connectivity index (χ1) is 8.02. The maximum Gasteiger partial charge on any atom is 0.215 e. The maximum atomic E-state index is 12.0. The highest BCUT2D eigenvalue weighted by Gasteiger charge is 2.50. The molecule has 2 aliphatic rings. The van der Waals surface area contributed by atoms with Crippen molar-refractivity contribution in [3.05, 3.63) is 34.3 Å². The van der Waals surface area contributed by atoms with Crippen molar-refractivity contribution < 1.29 is 8.42 Å². The van der Waals surface area contributed by atoms with Gasteiger partial charge >= 0.3 is 0 Å². The van der Waals surface area contributed by atoms with E-state index >= 15 is 0 Å². The van der Waals surface area contributed by atoms with Gasteiger partial charge in [0.2, 0.25) is 10.0 Å². The Labute approximate surface area is 110 Å². The van der Waals surface area contributed by atoms with Crippen LogP contribution in [0, 0.1) is 0 Å². The van der Waals surface area contributed by atoms with Crippen molar-refractivity contribution >= 4 is 26.0 Å². The summed E-state index contributed by atoms with van der Waals surface area (Å²) in [6, 6.07) is 7.90. The van der Waals surface area contributed by atoms with Crippen molar-refractivity contribution in [3.8, 4) is 0 Å². The highest BCUT2D eigenvalue weighted by molar-refractivity contribution is 9.10. The summed E-state index contributed by atoms with van der Waals surface area (Å²) in [5, 5.41) is -0.146. The van der Waals surface area contributed by atoms with Gasteiger partial charge in [0.15, 0.2) is 0 Å².